The number of hydrogen-bond donors (Lipinski definition) is 1. The second kappa shape index (κ2) is 4.49. The first-order valence-electron chi connectivity index (χ1n) is 3.76. The van der Waals surface area contributed by atoms with E-state index < -0.39 is 0 Å². The van der Waals surface area contributed by atoms with Gasteiger partial charge in [0, 0.05) is 13.0 Å². The molecule has 0 unspecified atom stereocenters. The molecule has 1 N–H and O–H groups in total. The zero-order valence-corrected chi connectivity index (χ0v) is 6.69. The fraction of sp³-hybridized carbons (Fsp3) is 0.750. The van der Waals surface area contributed by atoms with Crippen LogP contribution in [0.2, 0.25) is 0 Å². The minimum Gasteiger partial charge on any atom is -0.396 e. The SMILES string of the molecule is COCO[C@H]1CC=C[C@@H]1CO. The molecule has 0 bridgehead atoms. The molecule has 0 aromatic carbocycles. The van der Waals surface area contributed by atoms with Crippen molar-refractivity contribution in [3.05, 3.63) is 12.2 Å². The predicted octanol–water partition coefficient (Wildman–Crippen LogP) is 0.544. The van der Waals surface area contributed by atoms with Crippen LogP contribution in [0.1, 0.15) is 6.42 Å². The van der Waals surface area contributed by atoms with Crippen LogP contribution in [-0.2, 0) is 9.47 Å². The van der Waals surface area contributed by atoms with E-state index in [9.17, 15) is 0 Å². The van der Waals surface area contributed by atoms with Crippen LogP contribution < -0.4 is 0 Å². The molecule has 0 aromatic rings. The number of ether oxygens (including phenoxy) is 2. The van der Waals surface area contributed by atoms with Crippen molar-refractivity contribution in [3.8, 4) is 0 Å². The van der Waals surface area contributed by atoms with E-state index in [0.29, 0.717) is 6.79 Å². The van der Waals surface area contributed by atoms with E-state index in [-0.39, 0.29) is 18.6 Å². The third-order valence-electron chi connectivity index (χ3n) is 1.84. The van der Waals surface area contributed by atoms with Crippen molar-refractivity contribution in [1.82, 2.24) is 0 Å². The van der Waals surface area contributed by atoms with Gasteiger partial charge >= 0.3 is 0 Å². The molecule has 0 fully saturated rings. The van der Waals surface area contributed by atoms with Gasteiger partial charge in [0.2, 0.25) is 0 Å². The molecule has 3 nitrogen and oxygen atoms in total. The summed E-state index contributed by atoms with van der Waals surface area (Å²) >= 11 is 0. The van der Waals surface area contributed by atoms with Gasteiger partial charge in [0.15, 0.2) is 0 Å². The third-order valence-corrected chi connectivity index (χ3v) is 1.84. The van der Waals surface area contributed by atoms with Crippen LogP contribution in [0.5, 0.6) is 0 Å². The molecule has 2 atom stereocenters. The van der Waals surface area contributed by atoms with Crippen molar-refractivity contribution in [2.24, 2.45) is 5.92 Å². The van der Waals surface area contributed by atoms with Crippen LogP contribution in [-0.4, -0.2) is 31.7 Å². The second-order valence-corrected chi connectivity index (χ2v) is 2.62. The van der Waals surface area contributed by atoms with Crippen LogP contribution in [0.25, 0.3) is 0 Å². The lowest BCUT2D eigenvalue weighted by molar-refractivity contribution is -0.0852. The minimum absolute atomic E-state index is 0.111. The average Bonchev–Trinajstić information content (AvgIpc) is 2.47. The standard InChI is InChI=1S/C8H14O3/c1-10-6-11-8-4-2-3-7(8)5-9/h2-3,7-9H,4-6H2,1H3/t7-,8+/m1/s1. The van der Waals surface area contributed by atoms with Crippen molar-refractivity contribution in [1.29, 1.82) is 0 Å². The Kier molecular flexibility index (Phi) is 3.56. The van der Waals surface area contributed by atoms with Crippen LogP contribution in [0.4, 0.5) is 0 Å². The van der Waals surface area contributed by atoms with Gasteiger partial charge in [0.05, 0.1) is 12.7 Å². The number of aliphatic hydroxyl groups is 1. The molecule has 0 saturated heterocycles. The molecule has 64 valence electrons. The lowest BCUT2D eigenvalue weighted by Gasteiger charge is -2.16. The summed E-state index contributed by atoms with van der Waals surface area (Å²) in [6, 6.07) is 0. The van der Waals surface area contributed by atoms with Gasteiger partial charge < -0.3 is 14.6 Å². The fourth-order valence-corrected chi connectivity index (χ4v) is 1.21. The monoisotopic (exact) mass is 158 g/mol. The molecule has 3 heteroatoms. The summed E-state index contributed by atoms with van der Waals surface area (Å²) < 4.78 is 10.1. The second-order valence-electron chi connectivity index (χ2n) is 2.62. The van der Waals surface area contributed by atoms with Crippen LogP contribution in [0.15, 0.2) is 12.2 Å². The van der Waals surface area contributed by atoms with Crippen molar-refractivity contribution < 1.29 is 14.6 Å². The molecule has 0 spiro atoms. The maximum atomic E-state index is 8.86. The Morgan fingerprint density at radius 1 is 1.64 bits per heavy atom. The molecule has 1 aliphatic rings. The summed E-state index contributed by atoms with van der Waals surface area (Å²) in [6.07, 6.45) is 5.01. The summed E-state index contributed by atoms with van der Waals surface area (Å²) in [5, 5.41) is 8.86. The molecular weight excluding hydrogens is 144 g/mol. The molecule has 0 amide bonds. The highest BCUT2D eigenvalue weighted by Gasteiger charge is 2.22. The van der Waals surface area contributed by atoms with Crippen molar-refractivity contribution in [2.45, 2.75) is 12.5 Å². The Morgan fingerprint density at radius 3 is 3.09 bits per heavy atom. The lowest BCUT2D eigenvalue weighted by atomic mass is 10.1. The first-order valence-corrected chi connectivity index (χ1v) is 3.76. The zero-order chi connectivity index (χ0) is 8.10. The molecule has 0 radical (unpaired) electrons. The smallest absolute Gasteiger partial charge is 0.146 e. The van der Waals surface area contributed by atoms with E-state index in [4.69, 9.17) is 14.6 Å². The Labute approximate surface area is 66.6 Å². The first kappa shape index (κ1) is 8.71. The van der Waals surface area contributed by atoms with E-state index in [0.717, 1.165) is 6.42 Å². The predicted molar refractivity (Wildman–Crippen MR) is 41.1 cm³/mol. The van der Waals surface area contributed by atoms with Gasteiger partial charge in [-0.05, 0) is 6.42 Å². The molecule has 0 aromatic heterocycles. The van der Waals surface area contributed by atoms with Gasteiger partial charge in [-0.1, -0.05) is 12.2 Å². The summed E-state index contributed by atoms with van der Waals surface area (Å²) in [5.74, 6) is 0.158. The van der Waals surface area contributed by atoms with E-state index >= 15 is 0 Å². The summed E-state index contributed by atoms with van der Waals surface area (Å²) in [5.41, 5.74) is 0. The van der Waals surface area contributed by atoms with Gasteiger partial charge in [-0.25, -0.2) is 0 Å². The molecule has 0 saturated carbocycles. The average molecular weight is 158 g/mol. The van der Waals surface area contributed by atoms with Gasteiger partial charge in [-0.2, -0.15) is 0 Å². The lowest BCUT2D eigenvalue weighted by Crippen LogP contribution is -2.22. The Morgan fingerprint density at radius 2 is 2.45 bits per heavy atom. The largest absolute Gasteiger partial charge is 0.396 e. The highest BCUT2D eigenvalue weighted by molar-refractivity contribution is 5.01. The number of aliphatic hydroxyl groups excluding tert-OH is 1. The topological polar surface area (TPSA) is 38.7 Å². The molecule has 1 rings (SSSR count). The highest BCUT2D eigenvalue weighted by atomic mass is 16.7. The van der Waals surface area contributed by atoms with Gasteiger partial charge in [0.25, 0.3) is 0 Å². The van der Waals surface area contributed by atoms with Crippen molar-refractivity contribution in [2.75, 3.05) is 20.5 Å². The molecule has 11 heavy (non-hydrogen) atoms. The minimum atomic E-state index is 0.111. The van der Waals surface area contributed by atoms with Gasteiger partial charge in [-0.3, -0.25) is 0 Å². The van der Waals surface area contributed by atoms with Gasteiger partial charge in [0.1, 0.15) is 6.79 Å². The molecule has 1 aliphatic carbocycles. The van der Waals surface area contributed by atoms with Crippen LogP contribution in [0.3, 0.4) is 0 Å². The highest BCUT2D eigenvalue weighted by Crippen LogP contribution is 2.20. The van der Waals surface area contributed by atoms with E-state index in [2.05, 4.69) is 0 Å². The zero-order valence-electron chi connectivity index (χ0n) is 6.69. The maximum absolute atomic E-state index is 8.86. The quantitative estimate of drug-likeness (QED) is 0.479. The first-order chi connectivity index (χ1) is 5.38. The van der Waals surface area contributed by atoms with Crippen molar-refractivity contribution >= 4 is 0 Å². The fourth-order valence-electron chi connectivity index (χ4n) is 1.21. The van der Waals surface area contributed by atoms with Crippen molar-refractivity contribution in [3.63, 3.8) is 0 Å². The van der Waals surface area contributed by atoms with Crippen LogP contribution >= 0.6 is 0 Å². The number of methoxy groups -OCH3 is 1. The maximum Gasteiger partial charge on any atom is 0.146 e. The molecule has 0 heterocycles. The van der Waals surface area contributed by atoms with Crippen LogP contribution in [0, 0.1) is 5.92 Å². The Balaban J connectivity index is 2.23. The Bertz CT molecular complexity index is 133. The van der Waals surface area contributed by atoms with E-state index in [1.54, 1.807) is 7.11 Å². The summed E-state index contributed by atoms with van der Waals surface area (Å²) in [7, 11) is 1.59. The number of rotatable bonds is 4. The normalized spacial score (nSPS) is 29.6. The molecular formula is C8H14O3. The Hall–Kier alpha value is -0.380. The molecule has 0 aliphatic heterocycles. The van der Waals surface area contributed by atoms with Gasteiger partial charge in [-0.15, -0.1) is 0 Å². The van der Waals surface area contributed by atoms with E-state index in [1.807, 2.05) is 12.2 Å². The van der Waals surface area contributed by atoms with E-state index in [1.165, 1.54) is 0 Å². The third kappa shape index (κ3) is 2.29. The summed E-state index contributed by atoms with van der Waals surface area (Å²) in [4.78, 5) is 0. The summed E-state index contributed by atoms with van der Waals surface area (Å²) in [6.45, 7) is 0.466. The number of hydrogen-bond acceptors (Lipinski definition) is 3.